The average molecular weight is 193 g/mol. The quantitative estimate of drug-likeness (QED) is 0.753. The van der Waals surface area contributed by atoms with Crippen LogP contribution in [0.15, 0.2) is 6.20 Å². The molecule has 1 aliphatic heterocycles. The second kappa shape index (κ2) is 3.61. The maximum absolute atomic E-state index is 11.0. The zero-order chi connectivity index (χ0) is 9.97. The number of aromatic nitrogens is 2. The van der Waals surface area contributed by atoms with Crippen molar-refractivity contribution in [3.8, 4) is 5.75 Å². The molecule has 0 unspecified atom stereocenters. The Labute approximate surface area is 81.5 Å². The number of aryl methyl sites for hydroxylation is 1. The minimum Gasteiger partial charge on any atom is -0.478 e. The van der Waals surface area contributed by atoms with Crippen molar-refractivity contribution >= 4 is 11.7 Å². The normalized spacial score (nSPS) is 14.2. The van der Waals surface area contributed by atoms with E-state index in [1.165, 1.54) is 0 Å². The molecule has 1 amide bonds. The fraction of sp³-hybridized carbons (Fsp3) is 0.444. The molecule has 1 aromatic rings. The average Bonchev–Trinajstić information content (AvgIpc) is 2.17. The topological polar surface area (TPSA) is 64.1 Å². The van der Waals surface area contributed by atoms with E-state index >= 15 is 0 Å². The molecule has 0 saturated heterocycles. The van der Waals surface area contributed by atoms with Crippen molar-refractivity contribution in [3.05, 3.63) is 12.0 Å². The van der Waals surface area contributed by atoms with Crippen molar-refractivity contribution in [2.45, 2.75) is 19.8 Å². The van der Waals surface area contributed by atoms with E-state index in [-0.39, 0.29) is 12.5 Å². The highest BCUT2D eigenvalue weighted by molar-refractivity contribution is 5.93. The Hall–Kier alpha value is -1.65. The van der Waals surface area contributed by atoms with Gasteiger partial charge in [0.1, 0.15) is 5.82 Å². The molecule has 5 heteroatoms. The Morgan fingerprint density at radius 2 is 2.50 bits per heavy atom. The summed E-state index contributed by atoms with van der Waals surface area (Å²) in [4.78, 5) is 19.3. The standard InChI is InChI=1S/C9H11N3O2/c1-2-3-7-10-4-6-9(11-7)12-8(13)5-14-6/h4H,2-3,5H2,1H3,(H,10,11,12,13). The molecule has 0 bridgehead atoms. The largest absolute Gasteiger partial charge is 0.478 e. The van der Waals surface area contributed by atoms with Crippen molar-refractivity contribution < 1.29 is 9.53 Å². The molecule has 1 aliphatic rings. The van der Waals surface area contributed by atoms with Crippen molar-refractivity contribution in [1.82, 2.24) is 9.97 Å². The number of anilines is 1. The summed E-state index contributed by atoms with van der Waals surface area (Å²) in [6, 6.07) is 0. The van der Waals surface area contributed by atoms with Gasteiger partial charge in [0.15, 0.2) is 18.2 Å². The lowest BCUT2D eigenvalue weighted by atomic mass is 10.3. The van der Waals surface area contributed by atoms with Crippen LogP contribution in [0.25, 0.3) is 0 Å². The van der Waals surface area contributed by atoms with E-state index in [0.29, 0.717) is 11.6 Å². The molecule has 2 heterocycles. The third-order valence-corrected chi connectivity index (χ3v) is 1.90. The van der Waals surface area contributed by atoms with Gasteiger partial charge in [-0.25, -0.2) is 9.97 Å². The Morgan fingerprint density at radius 3 is 3.29 bits per heavy atom. The van der Waals surface area contributed by atoms with Crippen molar-refractivity contribution in [2.75, 3.05) is 11.9 Å². The third kappa shape index (κ3) is 1.66. The van der Waals surface area contributed by atoms with Crippen LogP contribution >= 0.6 is 0 Å². The van der Waals surface area contributed by atoms with Crippen LogP contribution in [0.5, 0.6) is 5.75 Å². The Kier molecular flexibility index (Phi) is 2.30. The van der Waals surface area contributed by atoms with E-state index in [1.807, 2.05) is 0 Å². The fourth-order valence-corrected chi connectivity index (χ4v) is 1.26. The van der Waals surface area contributed by atoms with E-state index in [0.717, 1.165) is 18.7 Å². The number of carbonyl (C=O) groups is 1. The van der Waals surface area contributed by atoms with Gasteiger partial charge in [-0.15, -0.1) is 0 Å². The van der Waals surface area contributed by atoms with Gasteiger partial charge < -0.3 is 10.1 Å². The third-order valence-electron chi connectivity index (χ3n) is 1.90. The first-order valence-corrected chi connectivity index (χ1v) is 4.58. The minimum absolute atomic E-state index is 0.0451. The molecule has 2 rings (SSSR count). The number of hydrogen-bond donors (Lipinski definition) is 1. The number of fused-ring (bicyclic) bond motifs is 1. The van der Waals surface area contributed by atoms with Crippen LogP contribution in [0.1, 0.15) is 19.2 Å². The summed E-state index contributed by atoms with van der Waals surface area (Å²) in [7, 11) is 0. The number of rotatable bonds is 2. The second-order valence-corrected chi connectivity index (χ2v) is 3.09. The fourth-order valence-electron chi connectivity index (χ4n) is 1.26. The maximum Gasteiger partial charge on any atom is 0.263 e. The summed E-state index contributed by atoms with van der Waals surface area (Å²) in [5.41, 5.74) is 0. The highest BCUT2D eigenvalue weighted by atomic mass is 16.5. The Bertz CT molecular complexity index is 365. The van der Waals surface area contributed by atoms with Gasteiger partial charge in [-0.05, 0) is 6.42 Å². The van der Waals surface area contributed by atoms with Crippen LogP contribution in [0.4, 0.5) is 5.82 Å². The number of nitrogens with zero attached hydrogens (tertiary/aromatic N) is 2. The number of ether oxygens (including phenoxy) is 1. The predicted octanol–water partition coefficient (Wildman–Crippen LogP) is 0.760. The van der Waals surface area contributed by atoms with Gasteiger partial charge in [0.05, 0.1) is 6.20 Å². The SMILES string of the molecule is CCCc1ncc2c(n1)NC(=O)CO2. The van der Waals surface area contributed by atoms with Crippen molar-refractivity contribution in [3.63, 3.8) is 0 Å². The summed E-state index contributed by atoms with van der Waals surface area (Å²) in [5.74, 6) is 1.60. The van der Waals surface area contributed by atoms with Gasteiger partial charge >= 0.3 is 0 Å². The minimum atomic E-state index is -0.168. The molecule has 0 aromatic carbocycles. The second-order valence-electron chi connectivity index (χ2n) is 3.09. The van der Waals surface area contributed by atoms with E-state index < -0.39 is 0 Å². The highest BCUT2D eigenvalue weighted by Gasteiger charge is 2.17. The smallest absolute Gasteiger partial charge is 0.263 e. The van der Waals surface area contributed by atoms with Gasteiger partial charge in [0.25, 0.3) is 5.91 Å². The van der Waals surface area contributed by atoms with Crippen molar-refractivity contribution in [1.29, 1.82) is 0 Å². The maximum atomic E-state index is 11.0. The molecular weight excluding hydrogens is 182 g/mol. The molecule has 14 heavy (non-hydrogen) atoms. The van der Waals surface area contributed by atoms with E-state index in [4.69, 9.17) is 4.74 Å². The zero-order valence-electron chi connectivity index (χ0n) is 7.91. The molecule has 0 aliphatic carbocycles. The summed E-state index contributed by atoms with van der Waals surface area (Å²) in [5, 5.41) is 2.64. The summed E-state index contributed by atoms with van der Waals surface area (Å²) < 4.78 is 5.13. The van der Waals surface area contributed by atoms with Gasteiger partial charge in [0, 0.05) is 6.42 Å². The van der Waals surface area contributed by atoms with Crippen LogP contribution < -0.4 is 10.1 Å². The molecule has 0 atom stereocenters. The summed E-state index contributed by atoms with van der Waals surface area (Å²) in [6.45, 7) is 2.10. The zero-order valence-corrected chi connectivity index (χ0v) is 7.91. The van der Waals surface area contributed by atoms with Crippen LogP contribution in [-0.2, 0) is 11.2 Å². The monoisotopic (exact) mass is 193 g/mol. The van der Waals surface area contributed by atoms with Crippen LogP contribution in [0, 0.1) is 0 Å². The number of amides is 1. The van der Waals surface area contributed by atoms with Crippen LogP contribution in [-0.4, -0.2) is 22.5 Å². The molecule has 5 nitrogen and oxygen atoms in total. The molecule has 0 spiro atoms. The van der Waals surface area contributed by atoms with Gasteiger partial charge in [-0.2, -0.15) is 0 Å². The van der Waals surface area contributed by atoms with Gasteiger partial charge in [-0.3, -0.25) is 4.79 Å². The van der Waals surface area contributed by atoms with Gasteiger partial charge in [-0.1, -0.05) is 6.92 Å². The van der Waals surface area contributed by atoms with Crippen LogP contribution in [0.2, 0.25) is 0 Å². The predicted molar refractivity (Wildman–Crippen MR) is 50.2 cm³/mol. The van der Waals surface area contributed by atoms with E-state index in [2.05, 4.69) is 22.2 Å². The lowest BCUT2D eigenvalue weighted by molar-refractivity contribution is -0.118. The van der Waals surface area contributed by atoms with E-state index in [1.54, 1.807) is 6.20 Å². The molecule has 1 aromatic heterocycles. The summed E-state index contributed by atoms with van der Waals surface area (Å²) >= 11 is 0. The van der Waals surface area contributed by atoms with Gasteiger partial charge in [0.2, 0.25) is 0 Å². The lowest BCUT2D eigenvalue weighted by Crippen LogP contribution is -2.26. The molecule has 1 N–H and O–H groups in total. The molecule has 0 fully saturated rings. The number of carbonyl (C=O) groups excluding carboxylic acids is 1. The first kappa shape index (κ1) is 8.93. The Balaban J connectivity index is 2.28. The van der Waals surface area contributed by atoms with Crippen LogP contribution in [0.3, 0.4) is 0 Å². The molecule has 74 valence electrons. The summed E-state index contributed by atoms with van der Waals surface area (Å²) in [6.07, 6.45) is 3.39. The molecular formula is C9H11N3O2. The molecule has 0 radical (unpaired) electrons. The van der Waals surface area contributed by atoms with Crippen molar-refractivity contribution in [2.24, 2.45) is 0 Å². The Morgan fingerprint density at radius 1 is 1.64 bits per heavy atom. The first-order valence-electron chi connectivity index (χ1n) is 4.58. The molecule has 0 saturated carbocycles. The lowest BCUT2D eigenvalue weighted by Gasteiger charge is -2.16. The van der Waals surface area contributed by atoms with E-state index in [9.17, 15) is 4.79 Å². The number of hydrogen-bond acceptors (Lipinski definition) is 4. The highest BCUT2D eigenvalue weighted by Crippen LogP contribution is 2.23. The first-order chi connectivity index (χ1) is 6.79. The number of nitrogens with one attached hydrogen (secondary N) is 1.